The molecule has 0 aliphatic carbocycles. The van der Waals surface area contributed by atoms with E-state index in [1.54, 1.807) is 11.8 Å². The number of aromatic nitrogens is 2. The second-order valence-electron chi connectivity index (χ2n) is 4.52. The van der Waals surface area contributed by atoms with Crippen molar-refractivity contribution in [2.45, 2.75) is 25.8 Å². The van der Waals surface area contributed by atoms with E-state index in [9.17, 15) is 9.59 Å². The molecule has 1 aromatic rings. The number of piperidine rings is 1. The molecule has 0 unspecified atom stereocenters. The minimum Gasteiger partial charge on any atom is -1.00 e. The van der Waals surface area contributed by atoms with Gasteiger partial charge in [-0.25, -0.2) is 14.8 Å². The molecule has 20 heavy (non-hydrogen) atoms. The van der Waals surface area contributed by atoms with E-state index in [2.05, 4.69) is 15.3 Å². The molecule has 2 rings (SSSR count). The second kappa shape index (κ2) is 7.27. The number of nitrogens with zero attached hydrogens (tertiary/aromatic N) is 3. The molecule has 104 valence electrons. The standard InChI is InChI=1S/C12H16N4O3.Li.H/c1-8(17)16-4-2-9(3-5-16)15-11-6-10(12(18)19)13-7-14-11;;/h6-7,9H,2-5H2,1H3,(H,18,19)(H,13,14,15);;/q;+1;-1. The van der Waals surface area contributed by atoms with E-state index in [1.165, 1.54) is 12.4 Å². The predicted octanol–water partition coefficient (Wildman–Crippen LogP) is -2.29. The van der Waals surface area contributed by atoms with Crippen LogP contribution in [0.5, 0.6) is 0 Å². The molecule has 0 bridgehead atoms. The fourth-order valence-corrected chi connectivity index (χ4v) is 2.10. The summed E-state index contributed by atoms with van der Waals surface area (Å²) in [5.41, 5.74) is -0.0290. The van der Waals surface area contributed by atoms with E-state index >= 15 is 0 Å². The Hall–Kier alpha value is -1.58. The van der Waals surface area contributed by atoms with Gasteiger partial charge in [-0.2, -0.15) is 0 Å². The van der Waals surface area contributed by atoms with Gasteiger partial charge in [0.05, 0.1) is 0 Å². The Balaban J connectivity index is 0.00000200. The number of carboxylic acid groups (broad SMARTS) is 1. The van der Waals surface area contributed by atoms with Crippen LogP contribution in [0.3, 0.4) is 0 Å². The van der Waals surface area contributed by atoms with Crippen LogP contribution in [0.15, 0.2) is 12.4 Å². The summed E-state index contributed by atoms with van der Waals surface area (Å²) in [7, 11) is 0. The molecule has 0 radical (unpaired) electrons. The monoisotopic (exact) mass is 272 g/mol. The molecular formula is C12H17LiN4O3. The van der Waals surface area contributed by atoms with Gasteiger partial charge >= 0.3 is 24.8 Å². The number of rotatable bonds is 3. The van der Waals surface area contributed by atoms with Gasteiger partial charge in [0.1, 0.15) is 12.1 Å². The van der Waals surface area contributed by atoms with E-state index < -0.39 is 5.97 Å². The molecule has 7 nitrogen and oxygen atoms in total. The maximum Gasteiger partial charge on any atom is 1.00 e. The molecule has 0 aromatic carbocycles. The van der Waals surface area contributed by atoms with Gasteiger partial charge in [0.15, 0.2) is 5.69 Å². The Morgan fingerprint density at radius 3 is 2.60 bits per heavy atom. The van der Waals surface area contributed by atoms with Crippen LogP contribution in [0.2, 0.25) is 0 Å². The van der Waals surface area contributed by atoms with Crippen molar-refractivity contribution in [3.05, 3.63) is 18.1 Å². The van der Waals surface area contributed by atoms with E-state index in [-0.39, 0.29) is 37.9 Å². The van der Waals surface area contributed by atoms with Crippen LogP contribution < -0.4 is 24.2 Å². The molecule has 1 aliphatic rings. The van der Waals surface area contributed by atoms with Crippen molar-refractivity contribution in [2.24, 2.45) is 0 Å². The number of anilines is 1. The molecule has 2 N–H and O–H groups in total. The zero-order valence-electron chi connectivity index (χ0n) is 12.7. The van der Waals surface area contributed by atoms with Crippen LogP contribution in [0.25, 0.3) is 0 Å². The summed E-state index contributed by atoms with van der Waals surface area (Å²) in [6, 6.07) is 1.62. The zero-order chi connectivity index (χ0) is 13.8. The quantitative estimate of drug-likeness (QED) is 0.602. The third kappa shape index (κ3) is 4.22. The Morgan fingerprint density at radius 1 is 1.40 bits per heavy atom. The second-order valence-corrected chi connectivity index (χ2v) is 4.52. The third-order valence-corrected chi connectivity index (χ3v) is 3.18. The molecule has 8 heteroatoms. The molecule has 2 heterocycles. The molecular weight excluding hydrogens is 255 g/mol. The largest absolute Gasteiger partial charge is 1.00 e. The van der Waals surface area contributed by atoms with Crippen molar-refractivity contribution in [3.63, 3.8) is 0 Å². The summed E-state index contributed by atoms with van der Waals surface area (Å²) in [4.78, 5) is 31.5. The van der Waals surface area contributed by atoms with Gasteiger partial charge in [-0.1, -0.05) is 0 Å². The first kappa shape index (κ1) is 16.5. The molecule has 1 saturated heterocycles. The molecule has 1 amide bonds. The maximum absolute atomic E-state index is 11.2. The van der Waals surface area contributed by atoms with Gasteiger partial charge < -0.3 is 16.7 Å². The topological polar surface area (TPSA) is 95.4 Å². The first-order chi connectivity index (χ1) is 9.06. The van der Waals surface area contributed by atoms with Crippen LogP contribution >= 0.6 is 0 Å². The summed E-state index contributed by atoms with van der Waals surface area (Å²) in [6.07, 6.45) is 2.88. The number of carboxylic acids is 1. The fourth-order valence-electron chi connectivity index (χ4n) is 2.10. The van der Waals surface area contributed by atoms with Crippen molar-refractivity contribution < 1.29 is 35.0 Å². The third-order valence-electron chi connectivity index (χ3n) is 3.18. The van der Waals surface area contributed by atoms with E-state index in [1.807, 2.05) is 0 Å². The predicted molar refractivity (Wildman–Crippen MR) is 69.0 cm³/mol. The average molecular weight is 272 g/mol. The van der Waals surface area contributed by atoms with E-state index in [4.69, 9.17) is 5.11 Å². The van der Waals surface area contributed by atoms with Gasteiger partial charge in [-0.15, -0.1) is 0 Å². The minimum absolute atomic E-state index is 0. The number of aromatic carboxylic acids is 1. The van der Waals surface area contributed by atoms with Crippen LogP contribution in [0.4, 0.5) is 5.82 Å². The van der Waals surface area contributed by atoms with Crippen molar-refractivity contribution in [3.8, 4) is 0 Å². The van der Waals surface area contributed by atoms with Crippen LogP contribution in [-0.4, -0.2) is 51.0 Å². The first-order valence-electron chi connectivity index (χ1n) is 6.13. The number of hydrogen-bond acceptors (Lipinski definition) is 5. The number of likely N-dealkylation sites (tertiary alicyclic amines) is 1. The zero-order valence-corrected chi connectivity index (χ0v) is 11.7. The van der Waals surface area contributed by atoms with Gasteiger partial charge in [0, 0.05) is 32.1 Å². The summed E-state index contributed by atoms with van der Waals surface area (Å²) in [6.45, 7) is 2.99. The Kier molecular flexibility index (Phi) is 5.98. The van der Waals surface area contributed by atoms with Crippen LogP contribution in [0.1, 0.15) is 31.7 Å². The van der Waals surface area contributed by atoms with Crippen LogP contribution in [-0.2, 0) is 4.79 Å². The first-order valence-corrected chi connectivity index (χ1v) is 6.13. The van der Waals surface area contributed by atoms with Gasteiger partial charge in [-0.05, 0) is 12.8 Å². The molecule has 0 saturated carbocycles. The maximum atomic E-state index is 11.2. The fraction of sp³-hybridized carbons (Fsp3) is 0.500. The number of carbonyl (C=O) groups is 2. The molecule has 1 fully saturated rings. The summed E-state index contributed by atoms with van der Waals surface area (Å²) in [5, 5.41) is 12.0. The molecule has 1 aromatic heterocycles. The van der Waals surface area contributed by atoms with Gasteiger partial charge in [0.25, 0.3) is 0 Å². The summed E-state index contributed by atoms with van der Waals surface area (Å²) < 4.78 is 0. The summed E-state index contributed by atoms with van der Waals surface area (Å²) >= 11 is 0. The van der Waals surface area contributed by atoms with Crippen molar-refractivity contribution in [1.82, 2.24) is 14.9 Å². The Bertz CT molecular complexity index is 495. The normalized spacial score (nSPS) is 15.3. The Labute approximate surface area is 130 Å². The van der Waals surface area contributed by atoms with E-state index in [0.717, 1.165) is 12.8 Å². The molecule has 1 aliphatic heterocycles. The van der Waals surface area contributed by atoms with Gasteiger partial charge in [0.2, 0.25) is 5.91 Å². The van der Waals surface area contributed by atoms with Crippen molar-refractivity contribution in [2.75, 3.05) is 18.4 Å². The van der Waals surface area contributed by atoms with Crippen LogP contribution in [0, 0.1) is 0 Å². The number of carbonyl (C=O) groups excluding carboxylic acids is 1. The number of nitrogens with one attached hydrogen (secondary N) is 1. The van der Waals surface area contributed by atoms with Crippen molar-refractivity contribution in [1.29, 1.82) is 0 Å². The molecule has 0 spiro atoms. The Morgan fingerprint density at radius 2 is 2.05 bits per heavy atom. The number of amides is 1. The smallest absolute Gasteiger partial charge is 1.00 e. The van der Waals surface area contributed by atoms with Crippen molar-refractivity contribution >= 4 is 17.7 Å². The molecule has 0 atom stereocenters. The summed E-state index contributed by atoms with van der Waals surface area (Å²) in [5.74, 6) is -0.473. The minimum atomic E-state index is -1.07. The SMILES string of the molecule is CC(=O)N1CCC(Nc2cc(C(=O)O)ncn2)CC1.[H-].[Li+]. The average Bonchev–Trinajstić information content (AvgIpc) is 2.39. The van der Waals surface area contributed by atoms with E-state index in [0.29, 0.717) is 18.9 Å². The van der Waals surface area contributed by atoms with Gasteiger partial charge in [-0.3, -0.25) is 4.79 Å². The number of hydrogen-bond donors (Lipinski definition) is 2.